The van der Waals surface area contributed by atoms with E-state index in [2.05, 4.69) is 99.6 Å². The Labute approximate surface area is 139 Å². The molecule has 0 heteroatoms. The quantitative estimate of drug-likeness (QED) is 0.505. The number of hydrogen-bond acceptors (Lipinski definition) is 0. The summed E-state index contributed by atoms with van der Waals surface area (Å²) < 4.78 is 0. The topological polar surface area (TPSA) is 0 Å². The summed E-state index contributed by atoms with van der Waals surface area (Å²) in [6.45, 7) is 6.54. The van der Waals surface area contributed by atoms with E-state index in [4.69, 9.17) is 0 Å². The SMILES string of the molecule is Cc1cc(C)c(C=C(c2ccccc2)c2ccccc2)c(C)c1. The van der Waals surface area contributed by atoms with Crippen LogP contribution in [0.5, 0.6) is 0 Å². The molecule has 23 heavy (non-hydrogen) atoms. The van der Waals surface area contributed by atoms with Crippen molar-refractivity contribution in [1.82, 2.24) is 0 Å². The van der Waals surface area contributed by atoms with Gasteiger partial charge in [-0.15, -0.1) is 0 Å². The van der Waals surface area contributed by atoms with Crippen molar-refractivity contribution in [3.63, 3.8) is 0 Å². The summed E-state index contributed by atoms with van der Waals surface area (Å²) in [5.41, 5.74) is 9.05. The summed E-state index contributed by atoms with van der Waals surface area (Å²) in [6, 6.07) is 25.7. The maximum absolute atomic E-state index is 2.33. The molecular weight excluding hydrogens is 276 g/mol. The molecule has 0 nitrogen and oxygen atoms in total. The van der Waals surface area contributed by atoms with E-state index >= 15 is 0 Å². The monoisotopic (exact) mass is 298 g/mol. The van der Waals surface area contributed by atoms with E-state index in [0.717, 1.165) is 0 Å². The molecule has 0 unspecified atom stereocenters. The molecule has 0 heterocycles. The number of aryl methyl sites for hydroxylation is 3. The molecule has 0 aliphatic heterocycles. The minimum absolute atomic E-state index is 1.25. The first kappa shape index (κ1) is 15.3. The van der Waals surface area contributed by atoms with Crippen LogP contribution in [0.15, 0.2) is 72.8 Å². The molecule has 3 rings (SSSR count). The molecule has 0 radical (unpaired) electrons. The van der Waals surface area contributed by atoms with E-state index in [-0.39, 0.29) is 0 Å². The summed E-state index contributed by atoms with van der Waals surface area (Å²) in [5, 5.41) is 0. The Balaban J connectivity index is 2.21. The largest absolute Gasteiger partial charge is 0.0622 e. The second kappa shape index (κ2) is 6.66. The Kier molecular flexibility index (Phi) is 4.43. The third-order valence-electron chi connectivity index (χ3n) is 4.20. The van der Waals surface area contributed by atoms with E-state index in [1.807, 2.05) is 0 Å². The molecule has 0 saturated carbocycles. The third-order valence-corrected chi connectivity index (χ3v) is 4.20. The van der Waals surface area contributed by atoms with Crippen molar-refractivity contribution in [3.05, 3.63) is 106 Å². The van der Waals surface area contributed by atoms with Gasteiger partial charge in [0.2, 0.25) is 0 Å². The van der Waals surface area contributed by atoms with Gasteiger partial charge in [0, 0.05) is 0 Å². The first-order valence-electron chi connectivity index (χ1n) is 8.05. The highest BCUT2D eigenvalue weighted by molar-refractivity contribution is 5.92. The predicted molar refractivity (Wildman–Crippen MR) is 101 cm³/mol. The van der Waals surface area contributed by atoms with Crippen LogP contribution in [0.3, 0.4) is 0 Å². The standard InChI is InChI=1S/C23H22/c1-17-14-18(2)22(19(3)15-17)16-23(20-10-6-4-7-11-20)21-12-8-5-9-13-21/h4-16H,1-3H3. The molecule has 0 bridgehead atoms. The molecule has 0 fully saturated rings. The van der Waals surface area contributed by atoms with Crippen LogP contribution in [-0.2, 0) is 0 Å². The van der Waals surface area contributed by atoms with Gasteiger partial charge in [-0.2, -0.15) is 0 Å². The van der Waals surface area contributed by atoms with Gasteiger partial charge >= 0.3 is 0 Å². The Morgan fingerprint density at radius 3 is 1.52 bits per heavy atom. The number of rotatable bonds is 3. The zero-order valence-electron chi connectivity index (χ0n) is 14.0. The van der Waals surface area contributed by atoms with E-state index in [1.54, 1.807) is 0 Å². The summed E-state index contributed by atoms with van der Waals surface area (Å²) in [7, 11) is 0. The van der Waals surface area contributed by atoms with Gasteiger partial charge < -0.3 is 0 Å². The van der Waals surface area contributed by atoms with Gasteiger partial charge in [0.05, 0.1) is 0 Å². The fourth-order valence-electron chi connectivity index (χ4n) is 3.13. The van der Waals surface area contributed by atoms with E-state index < -0.39 is 0 Å². The summed E-state index contributed by atoms with van der Waals surface area (Å²) in [6.07, 6.45) is 2.33. The van der Waals surface area contributed by atoms with Crippen molar-refractivity contribution in [1.29, 1.82) is 0 Å². The van der Waals surface area contributed by atoms with E-state index in [1.165, 1.54) is 39.0 Å². The van der Waals surface area contributed by atoms with Crippen LogP contribution in [0.2, 0.25) is 0 Å². The lowest BCUT2D eigenvalue weighted by molar-refractivity contribution is 1.30. The van der Waals surface area contributed by atoms with Gasteiger partial charge in [-0.25, -0.2) is 0 Å². The molecular formula is C23H22. The van der Waals surface area contributed by atoms with Crippen molar-refractivity contribution in [2.24, 2.45) is 0 Å². The average molecular weight is 298 g/mol. The Hall–Kier alpha value is -2.60. The van der Waals surface area contributed by atoms with Crippen LogP contribution >= 0.6 is 0 Å². The van der Waals surface area contributed by atoms with Gasteiger partial charge in [0.1, 0.15) is 0 Å². The lowest BCUT2D eigenvalue weighted by Crippen LogP contribution is -1.92. The van der Waals surface area contributed by atoms with Gasteiger partial charge in [0.15, 0.2) is 0 Å². The highest BCUT2D eigenvalue weighted by atomic mass is 14.1. The van der Waals surface area contributed by atoms with Gasteiger partial charge in [-0.3, -0.25) is 0 Å². The van der Waals surface area contributed by atoms with Crippen LogP contribution in [0.25, 0.3) is 11.6 Å². The first-order valence-corrected chi connectivity index (χ1v) is 8.05. The molecule has 3 aromatic rings. The first-order chi connectivity index (χ1) is 11.1. The summed E-state index contributed by atoms with van der Waals surface area (Å²) >= 11 is 0. The molecule has 3 aromatic carbocycles. The highest BCUT2D eigenvalue weighted by Gasteiger charge is 2.08. The maximum atomic E-state index is 2.33. The minimum atomic E-state index is 1.25. The number of benzene rings is 3. The normalized spacial score (nSPS) is 10.4. The Morgan fingerprint density at radius 2 is 1.09 bits per heavy atom. The van der Waals surface area contributed by atoms with Crippen molar-refractivity contribution < 1.29 is 0 Å². The van der Waals surface area contributed by atoms with E-state index in [9.17, 15) is 0 Å². The van der Waals surface area contributed by atoms with Gasteiger partial charge in [-0.1, -0.05) is 78.4 Å². The van der Waals surface area contributed by atoms with Crippen molar-refractivity contribution >= 4 is 11.6 Å². The minimum Gasteiger partial charge on any atom is -0.0622 e. The smallest absolute Gasteiger partial charge is 0.0105 e. The van der Waals surface area contributed by atoms with Crippen LogP contribution in [-0.4, -0.2) is 0 Å². The molecule has 0 atom stereocenters. The van der Waals surface area contributed by atoms with Gasteiger partial charge in [0.25, 0.3) is 0 Å². The van der Waals surface area contributed by atoms with E-state index in [0.29, 0.717) is 0 Å². The third kappa shape index (κ3) is 3.43. The van der Waals surface area contributed by atoms with Crippen molar-refractivity contribution in [3.8, 4) is 0 Å². The Morgan fingerprint density at radius 1 is 0.652 bits per heavy atom. The zero-order valence-corrected chi connectivity index (χ0v) is 14.0. The molecule has 0 saturated heterocycles. The van der Waals surface area contributed by atoms with Crippen LogP contribution in [0, 0.1) is 20.8 Å². The molecule has 0 amide bonds. The lowest BCUT2D eigenvalue weighted by Gasteiger charge is -2.13. The summed E-state index contributed by atoms with van der Waals surface area (Å²) in [5.74, 6) is 0. The highest BCUT2D eigenvalue weighted by Crippen LogP contribution is 2.28. The molecule has 0 spiro atoms. The molecule has 114 valence electrons. The van der Waals surface area contributed by atoms with Crippen LogP contribution < -0.4 is 0 Å². The second-order valence-electron chi connectivity index (χ2n) is 6.10. The molecule has 0 aliphatic rings. The average Bonchev–Trinajstić information content (AvgIpc) is 2.56. The predicted octanol–water partition coefficient (Wildman–Crippen LogP) is 6.20. The van der Waals surface area contributed by atoms with Crippen molar-refractivity contribution in [2.45, 2.75) is 20.8 Å². The maximum Gasteiger partial charge on any atom is -0.0105 e. The lowest BCUT2D eigenvalue weighted by atomic mass is 9.92. The summed E-state index contributed by atoms with van der Waals surface area (Å²) in [4.78, 5) is 0. The Bertz CT molecular complexity index is 760. The second-order valence-corrected chi connectivity index (χ2v) is 6.10. The zero-order chi connectivity index (χ0) is 16.2. The molecule has 0 aromatic heterocycles. The number of hydrogen-bond donors (Lipinski definition) is 0. The fourth-order valence-corrected chi connectivity index (χ4v) is 3.13. The van der Waals surface area contributed by atoms with Crippen LogP contribution in [0.1, 0.15) is 33.4 Å². The van der Waals surface area contributed by atoms with Gasteiger partial charge in [-0.05, 0) is 60.2 Å². The molecule has 0 aliphatic carbocycles. The van der Waals surface area contributed by atoms with Crippen molar-refractivity contribution in [2.75, 3.05) is 0 Å². The molecule has 0 N–H and O–H groups in total. The fraction of sp³-hybridized carbons (Fsp3) is 0.130. The van der Waals surface area contributed by atoms with Crippen LogP contribution in [0.4, 0.5) is 0 Å².